The maximum Gasteiger partial charge on any atom is 0.341 e. The van der Waals surface area contributed by atoms with Crippen molar-refractivity contribution in [3.63, 3.8) is 0 Å². The van der Waals surface area contributed by atoms with Crippen LogP contribution in [0.1, 0.15) is 36.5 Å². The zero-order valence-corrected chi connectivity index (χ0v) is 19.6. The Balaban J connectivity index is 1.47. The molecule has 0 radical (unpaired) electrons. The molecular weight excluding hydrogens is 466 g/mol. The smallest absolute Gasteiger partial charge is 0.341 e. The molecule has 0 saturated carbocycles. The van der Waals surface area contributed by atoms with E-state index >= 15 is 0 Å². The van der Waals surface area contributed by atoms with Crippen molar-refractivity contribution < 1.29 is 22.7 Å². The number of anilines is 1. The molecule has 1 amide bonds. The molecule has 2 heterocycles. The maximum absolute atomic E-state index is 13.0. The SMILES string of the molecule is CC(OC(=O)c1c[nH]c2ccccc12)C(=O)Nc1cc(S(=O)(=O)N2CCCCC2)ccc1Cl. The van der Waals surface area contributed by atoms with Crippen LogP contribution in [0.25, 0.3) is 10.9 Å². The van der Waals surface area contributed by atoms with Gasteiger partial charge in [-0.25, -0.2) is 13.2 Å². The van der Waals surface area contributed by atoms with Crippen LogP contribution in [0.15, 0.2) is 53.6 Å². The number of piperidine rings is 1. The fraction of sp³-hybridized carbons (Fsp3) is 0.304. The Morgan fingerprint density at radius 1 is 1.12 bits per heavy atom. The number of amides is 1. The van der Waals surface area contributed by atoms with Crippen LogP contribution in [0.3, 0.4) is 0 Å². The molecule has 33 heavy (non-hydrogen) atoms. The normalized spacial score (nSPS) is 15.8. The Morgan fingerprint density at radius 3 is 2.61 bits per heavy atom. The second-order valence-corrected chi connectivity index (χ2v) is 10.2. The summed E-state index contributed by atoms with van der Waals surface area (Å²) in [5.74, 6) is -1.28. The van der Waals surface area contributed by atoms with Crippen molar-refractivity contribution in [1.29, 1.82) is 0 Å². The van der Waals surface area contributed by atoms with Crippen molar-refractivity contribution in [2.75, 3.05) is 18.4 Å². The fourth-order valence-electron chi connectivity index (χ4n) is 3.77. The lowest BCUT2D eigenvalue weighted by molar-refractivity contribution is -0.123. The largest absolute Gasteiger partial charge is 0.449 e. The number of hydrogen-bond donors (Lipinski definition) is 2. The zero-order chi connectivity index (χ0) is 23.6. The minimum Gasteiger partial charge on any atom is -0.449 e. The van der Waals surface area contributed by atoms with E-state index in [0.717, 1.165) is 24.8 Å². The Kier molecular flexibility index (Phi) is 6.73. The van der Waals surface area contributed by atoms with Crippen LogP contribution in [0.5, 0.6) is 0 Å². The van der Waals surface area contributed by atoms with Crippen molar-refractivity contribution >= 4 is 50.1 Å². The predicted octanol–water partition coefficient (Wildman–Crippen LogP) is 4.18. The van der Waals surface area contributed by atoms with Gasteiger partial charge in [-0.15, -0.1) is 0 Å². The number of carbonyl (C=O) groups is 2. The first-order valence-electron chi connectivity index (χ1n) is 10.6. The number of esters is 1. The van der Waals surface area contributed by atoms with Crippen molar-refractivity contribution in [1.82, 2.24) is 9.29 Å². The van der Waals surface area contributed by atoms with Gasteiger partial charge in [0.05, 0.1) is 21.2 Å². The van der Waals surface area contributed by atoms with Crippen LogP contribution in [0.4, 0.5) is 5.69 Å². The molecule has 1 unspecified atom stereocenters. The summed E-state index contributed by atoms with van der Waals surface area (Å²) < 4.78 is 32.7. The van der Waals surface area contributed by atoms with Crippen LogP contribution < -0.4 is 5.32 Å². The number of fused-ring (bicyclic) bond motifs is 1. The average Bonchev–Trinajstić information content (AvgIpc) is 3.25. The lowest BCUT2D eigenvalue weighted by atomic mass is 10.2. The second-order valence-electron chi connectivity index (χ2n) is 7.89. The summed E-state index contributed by atoms with van der Waals surface area (Å²) in [6.07, 6.45) is 3.03. The number of aromatic amines is 1. The highest BCUT2D eigenvalue weighted by atomic mass is 35.5. The Labute approximate surface area is 196 Å². The quantitative estimate of drug-likeness (QED) is 0.505. The van der Waals surface area contributed by atoms with Crippen LogP contribution in [-0.2, 0) is 19.6 Å². The summed E-state index contributed by atoms with van der Waals surface area (Å²) in [6, 6.07) is 11.4. The first-order valence-corrected chi connectivity index (χ1v) is 12.5. The van der Waals surface area contributed by atoms with Crippen molar-refractivity contribution in [2.45, 2.75) is 37.2 Å². The van der Waals surface area contributed by atoms with Crippen molar-refractivity contribution in [3.05, 3.63) is 59.2 Å². The molecule has 0 spiro atoms. The number of H-pyrrole nitrogens is 1. The van der Waals surface area contributed by atoms with Gasteiger partial charge < -0.3 is 15.0 Å². The van der Waals surface area contributed by atoms with Gasteiger partial charge in [-0.05, 0) is 44.0 Å². The maximum atomic E-state index is 13.0. The van der Waals surface area contributed by atoms with Gasteiger partial charge >= 0.3 is 5.97 Å². The van der Waals surface area contributed by atoms with Gasteiger partial charge in [0.1, 0.15) is 0 Å². The molecule has 10 heteroatoms. The number of nitrogens with zero attached hydrogens (tertiary/aromatic N) is 1. The second kappa shape index (κ2) is 9.54. The van der Waals surface area contributed by atoms with E-state index in [1.165, 1.54) is 35.6 Å². The van der Waals surface area contributed by atoms with Crippen LogP contribution in [0, 0.1) is 0 Å². The third kappa shape index (κ3) is 4.90. The first-order chi connectivity index (χ1) is 15.8. The lowest BCUT2D eigenvalue weighted by Gasteiger charge is -2.26. The number of benzene rings is 2. The summed E-state index contributed by atoms with van der Waals surface area (Å²) in [5.41, 5.74) is 1.23. The number of ether oxygens (including phenoxy) is 1. The molecule has 2 N–H and O–H groups in total. The van der Waals surface area contributed by atoms with Gasteiger partial charge in [-0.1, -0.05) is 36.2 Å². The van der Waals surface area contributed by atoms with E-state index in [0.29, 0.717) is 24.0 Å². The Morgan fingerprint density at radius 2 is 1.85 bits per heavy atom. The summed E-state index contributed by atoms with van der Waals surface area (Å²) in [5, 5.41) is 3.44. The number of halogens is 1. The highest BCUT2D eigenvalue weighted by Gasteiger charge is 2.27. The molecule has 1 fully saturated rings. The summed E-state index contributed by atoms with van der Waals surface area (Å²) in [4.78, 5) is 28.3. The van der Waals surface area contributed by atoms with Crippen LogP contribution in [0.2, 0.25) is 5.02 Å². The predicted molar refractivity (Wildman–Crippen MR) is 126 cm³/mol. The first kappa shape index (κ1) is 23.3. The minimum absolute atomic E-state index is 0.0486. The minimum atomic E-state index is -3.69. The molecule has 1 aromatic heterocycles. The van der Waals surface area contributed by atoms with Crippen LogP contribution >= 0.6 is 11.6 Å². The average molecular weight is 490 g/mol. The molecule has 4 rings (SSSR count). The van der Waals surface area contributed by atoms with Crippen molar-refractivity contribution in [3.8, 4) is 0 Å². The molecule has 0 aliphatic carbocycles. The fourth-order valence-corrected chi connectivity index (χ4v) is 5.48. The van der Waals surface area contributed by atoms with E-state index in [9.17, 15) is 18.0 Å². The Hall–Kier alpha value is -2.88. The number of rotatable bonds is 6. The van der Waals surface area contributed by atoms with Gasteiger partial charge in [-0.2, -0.15) is 4.31 Å². The molecule has 8 nitrogen and oxygen atoms in total. The summed E-state index contributed by atoms with van der Waals surface area (Å²) in [7, 11) is -3.69. The molecule has 0 bridgehead atoms. The summed E-state index contributed by atoms with van der Waals surface area (Å²) in [6.45, 7) is 2.37. The van der Waals surface area contributed by atoms with E-state index < -0.39 is 28.0 Å². The molecular formula is C23H24ClN3O5S. The summed E-state index contributed by atoms with van der Waals surface area (Å²) >= 11 is 6.20. The number of para-hydroxylation sites is 1. The highest BCUT2D eigenvalue weighted by molar-refractivity contribution is 7.89. The molecule has 174 valence electrons. The Bertz CT molecular complexity index is 1300. The van der Waals surface area contributed by atoms with E-state index in [2.05, 4.69) is 10.3 Å². The topological polar surface area (TPSA) is 109 Å². The van der Waals surface area contributed by atoms with E-state index in [1.54, 1.807) is 12.1 Å². The number of carbonyl (C=O) groups excluding carboxylic acids is 2. The molecule has 2 aromatic carbocycles. The molecule has 1 aliphatic rings. The van der Waals surface area contributed by atoms with Gasteiger partial charge in [0.15, 0.2) is 6.10 Å². The third-order valence-electron chi connectivity index (χ3n) is 5.61. The number of sulfonamides is 1. The van der Waals surface area contributed by atoms with Gasteiger partial charge in [0, 0.05) is 30.2 Å². The zero-order valence-electron chi connectivity index (χ0n) is 18.0. The van der Waals surface area contributed by atoms with Crippen LogP contribution in [-0.4, -0.2) is 48.8 Å². The van der Waals surface area contributed by atoms with Crippen molar-refractivity contribution in [2.24, 2.45) is 0 Å². The molecule has 1 saturated heterocycles. The highest BCUT2D eigenvalue weighted by Crippen LogP contribution is 2.28. The molecule has 3 aromatic rings. The standard InChI is InChI=1S/C23H24ClN3O5S/c1-15(32-23(29)18-14-25-20-8-4-3-7-17(18)20)22(28)26-21-13-16(9-10-19(21)24)33(30,31)27-11-5-2-6-12-27/h3-4,7-10,13-15,25H,2,5-6,11-12H2,1H3,(H,26,28). The third-order valence-corrected chi connectivity index (χ3v) is 7.83. The monoisotopic (exact) mass is 489 g/mol. The van der Waals surface area contributed by atoms with E-state index in [4.69, 9.17) is 16.3 Å². The van der Waals surface area contributed by atoms with E-state index in [-0.39, 0.29) is 15.6 Å². The lowest BCUT2D eigenvalue weighted by Crippen LogP contribution is -2.35. The van der Waals surface area contributed by atoms with Gasteiger partial charge in [0.25, 0.3) is 5.91 Å². The number of aromatic nitrogens is 1. The molecule has 1 atom stereocenters. The number of hydrogen-bond acceptors (Lipinski definition) is 5. The number of nitrogens with one attached hydrogen (secondary N) is 2. The van der Waals surface area contributed by atoms with Gasteiger partial charge in [0.2, 0.25) is 10.0 Å². The van der Waals surface area contributed by atoms with Gasteiger partial charge in [-0.3, -0.25) is 4.79 Å². The molecule has 1 aliphatic heterocycles. The van der Waals surface area contributed by atoms with E-state index in [1.807, 2.05) is 12.1 Å².